The average Bonchev–Trinajstić information content (AvgIpc) is 3.46. The van der Waals surface area contributed by atoms with Crippen molar-refractivity contribution in [1.82, 2.24) is 0 Å². The van der Waals surface area contributed by atoms with Gasteiger partial charge in [-0.3, -0.25) is 0 Å². The van der Waals surface area contributed by atoms with E-state index in [-0.39, 0.29) is 44.8 Å². The fourth-order valence-corrected chi connectivity index (χ4v) is 13.0. The molecular weight excluding hydrogens is 590 g/mol. The van der Waals surface area contributed by atoms with Crippen molar-refractivity contribution in [2.75, 3.05) is 0 Å². The van der Waals surface area contributed by atoms with Crippen molar-refractivity contribution in [1.29, 1.82) is 0 Å². The van der Waals surface area contributed by atoms with Crippen LogP contribution < -0.4 is 5.63 Å². The van der Waals surface area contributed by atoms with Gasteiger partial charge in [-0.05, 0) is 0 Å². The zero-order chi connectivity index (χ0) is 25.1. The summed E-state index contributed by atoms with van der Waals surface area (Å²) in [6, 6.07) is 11.4. The van der Waals surface area contributed by atoms with E-state index in [0.29, 0.717) is 12.8 Å². The molecule has 11 heteroatoms. The predicted molar refractivity (Wildman–Crippen MR) is 122 cm³/mol. The summed E-state index contributed by atoms with van der Waals surface area (Å²) in [5.41, 5.74) is -8.91. The Morgan fingerprint density at radius 2 is 1.09 bits per heavy atom. The van der Waals surface area contributed by atoms with Crippen LogP contribution >= 0.6 is 23.5 Å². The number of thioether (sulfide) groups is 2. The molecule has 0 saturated heterocycles. The second-order valence-corrected chi connectivity index (χ2v) is 17.0. The number of hydrogen-bond donors (Lipinski definition) is 0. The van der Waals surface area contributed by atoms with E-state index in [4.69, 9.17) is 5.63 Å². The van der Waals surface area contributed by atoms with Gasteiger partial charge in [0.25, 0.3) is 0 Å². The third-order valence-electron chi connectivity index (χ3n) is 4.99. The van der Waals surface area contributed by atoms with E-state index < -0.39 is 32.2 Å². The van der Waals surface area contributed by atoms with E-state index in [1.165, 1.54) is 36.4 Å². The van der Waals surface area contributed by atoms with Crippen molar-refractivity contribution >= 4 is 23.5 Å². The Balaban J connectivity index is 1.74. The third kappa shape index (κ3) is 7.11. The van der Waals surface area contributed by atoms with Crippen molar-refractivity contribution < 1.29 is 53.1 Å². The molecule has 0 fully saturated rings. The van der Waals surface area contributed by atoms with Gasteiger partial charge in [-0.25, -0.2) is 0 Å². The van der Waals surface area contributed by atoms with Gasteiger partial charge in [-0.15, -0.1) is 0 Å². The zero-order valence-electron chi connectivity index (χ0n) is 17.9. The number of hydrogen-bond acceptors (Lipinski definition) is 4. The molecule has 184 valence electrons. The van der Waals surface area contributed by atoms with Crippen LogP contribution in [0.4, 0.5) is 26.3 Å². The van der Waals surface area contributed by atoms with E-state index >= 15 is 0 Å². The summed E-state index contributed by atoms with van der Waals surface area (Å²) in [7, 11) is 0. The molecule has 0 radical (unpaired) electrons. The summed E-state index contributed by atoms with van der Waals surface area (Å²) in [4.78, 5) is -0.0633. The van der Waals surface area contributed by atoms with Crippen LogP contribution in [0.3, 0.4) is 0 Å². The number of alkyl halides is 6. The van der Waals surface area contributed by atoms with Crippen LogP contribution in [-0.2, 0) is 21.1 Å². The van der Waals surface area contributed by atoms with Gasteiger partial charge in [0.05, 0.1) is 0 Å². The van der Waals surface area contributed by atoms with E-state index in [2.05, 4.69) is 0 Å². The summed E-state index contributed by atoms with van der Waals surface area (Å²) in [6.07, 6.45) is 12.3. The minimum atomic E-state index is -4.57. The Kier molecular flexibility index (Phi) is 7.98. The van der Waals surface area contributed by atoms with Gasteiger partial charge in [0, 0.05) is 0 Å². The standard InChI is InChI=1S/2C7H5F3OS.2C5H5.Zr/c2*8-7(9,10)12-6-3-1-2-5(11)4-6;2*1-2-4-5-3-1;/h2*1-4,11H;2*1-3H,4H2;/q;;;;+2/p-2. The summed E-state index contributed by atoms with van der Waals surface area (Å²) >= 11 is -5.06. The molecule has 0 unspecified atom stereocenters. The number of rotatable bonds is 8. The molecule has 2 nitrogen and oxygen atoms in total. The fraction of sp³-hybridized carbons (Fsp3) is 0.167. The topological polar surface area (TPSA) is 18.5 Å². The first-order valence-electron chi connectivity index (χ1n) is 10.3. The monoisotopic (exact) mass is 606 g/mol. The van der Waals surface area contributed by atoms with Crippen molar-refractivity contribution in [2.24, 2.45) is 0 Å². The molecule has 2 aliphatic carbocycles. The first-order chi connectivity index (χ1) is 16.5. The summed E-state index contributed by atoms with van der Waals surface area (Å²) in [5.74, 6) is 0.438. The van der Waals surface area contributed by atoms with Gasteiger partial charge in [-0.2, -0.15) is 0 Å². The molecule has 4 rings (SSSR count). The minimum absolute atomic E-state index is 0.0317. The normalized spacial score (nSPS) is 15.8. The predicted octanol–water partition coefficient (Wildman–Crippen LogP) is 9.04. The molecule has 2 aromatic rings. The van der Waals surface area contributed by atoms with E-state index in [0.717, 1.165) is 6.56 Å². The Bertz CT molecular complexity index is 1110. The van der Waals surface area contributed by atoms with Crippen molar-refractivity contribution in [3.8, 4) is 11.5 Å². The molecule has 0 atom stereocenters. The second kappa shape index (κ2) is 10.6. The van der Waals surface area contributed by atoms with Crippen LogP contribution in [0.5, 0.6) is 11.5 Å². The maximum absolute atomic E-state index is 12.9. The van der Waals surface area contributed by atoms with E-state index in [1.54, 1.807) is 12.1 Å². The third-order valence-corrected chi connectivity index (χ3v) is 15.0. The van der Waals surface area contributed by atoms with E-state index in [9.17, 15) is 26.3 Å². The van der Waals surface area contributed by atoms with Crippen LogP contribution in [0.2, 0.25) is 0 Å². The number of halogens is 6. The zero-order valence-corrected chi connectivity index (χ0v) is 22.0. The van der Waals surface area contributed by atoms with Gasteiger partial charge in [0.1, 0.15) is 0 Å². The summed E-state index contributed by atoms with van der Waals surface area (Å²) in [5, 5.41) is 0. The Morgan fingerprint density at radius 3 is 1.43 bits per heavy atom. The molecule has 35 heavy (non-hydrogen) atoms. The Labute approximate surface area is 212 Å². The SMILES string of the molecule is FC(F)(F)Sc1cccc([O][Zr]([O]c2cccc(SC(F)(F)F)c2)([C]2=CC=CC2)[C]2=CC=CC2)c1. The molecule has 0 saturated carbocycles. The van der Waals surface area contributed by atoms with Gasteiger partial charge >= 0.3 is 213 Å². The van der Waals surface area contributed by atoms with Crippen molar-refractivity contribution in [3.63, 3.8) is 0 Å². The van der Waals surface area contributed by atoms with Gasteiger partial charge in [-0.1, -0.05) is 0 Å². The summed E-state index contributed by atoms with van der Waals surface area (Å²) in [6.45, 7) is 0. The quantitative estimate of drug-likeness (QED) is 0.220. The van der Waals surface area contributed by atoms with Crippen LogP contribution in [0.1, 0.15) is 12.8 Å². The molecule has 2 aliphatic rings. The molecule has 0 aromatic heterocycles. The number of benzene rings is 2. The first-order valence-corrected chi connectivity index (χ1v) is 16.4. The molecular formula is C24H18F6O2S2Zr. The molecule has 0 heterocycles. The van der Waals surface area contributed by atoms with Crippen LogP contribution in [-0.4, -0.2) is 11.0 Å². The molecule has 0 bridgehead atoms. The maximum atomic E-state index is 12.9. The fourth-order valence-electron chi connectivity index (χ4n) is 3.67. The molecule has 0 spiro atoms. The van der Waals surface area contributed by atoms with Gasteiger partial charge < -0.3 is 0 Å². The Morgan fingerprint density at radius 1 is 0.657 bits per heavy atom. The Hall–Kier alpha value is -1.84. The molecule has 0 aliphatic heterocycles. The second-order valence-electron chi connectivity index (χ2n) is 7.51. The van der Waals surface area contributed by atoms with Crippen molar-refractivity contribution in [3.05, 3.63) is 91.5 Å². The van der Waals surface area contributed by atoms with Crippen LogP contribution in [0, 0.1) is 0 Å². The molecule has 0 N–H and O–H groups in total. The van der Waals surface area contributed by atoms with Gasteiger partial charge in [0.15, 0.2) is 0 Å². The molecule has 2 aromatic carbocycles. The summed E-state index contributed by atoms with van der Waals surface area (Å²) < 4.78 is 92.4. The number of allylic oxidation sites excluding steroid dienone is 8. The molecule has 0 amide bonds. The average molecular weight is 608 g/mol. The van der Waals surface area contributed by atoms with Crippen molar-refractivity contribution in [2.45, 2.75) is 33.6 Å². The van der Waals surface area contributed by atoms with Gasteiger partial charge in [0.2, 0.25) is 0 Å². The van der Waals surface area contributed by atoms with Crippen LogP contribution in [0.25, 0.3) is 0 Å². The van der Waals surface area contributed by atoms with Crippen LogP contribution in [0.15, 0.2) is 101 Å². The first kappa shape index (κ1) is 26.2. The van der Waals surface area contributed by atoms with E-state index in [1.807, 2.05) is 36.5 Å².